The summed E-state index contributed by atoms with van der Waals surface area (Å²) in [6, 6.07) is 7.92. The van der Waals surface area contributed by atoms with Gasteiger partial charge in [0.25, 0.3) is 0 Å². The van der Waals surface area contributed by atoms with Gasteiger partial charge in [-0.25, -0.2) is 0 Å². The van der Waals surface area contributed by atoms with Gasteiger partial charge < -0.3 is 5.32 Å². The van der Waals surface area contributed by atoms with Crippen LogP contribution in [0.4, 0.5) is 0 Å². The number of nitrogens with one attached hydrogen (secondary N) is 1. The molecule has 1 amide bonds. The van der Waals surface area contributed by atoms with Crippen LogP contribution < -0.4 is 5.32 Å². The molecular formula is C18H16Cl2N2O2. The Hall–Kier alpha value is -2.17. The van der Waals surface area contributed by atoms with Crippen molar-refractivity contribution >= 4 is 34.9 Å². The molecule has 1 heterocycles. The first-order valence-corrected chi connectivity index (χ1v) is 7.98. The zero-order valence-electron chi connectivity index (χ0n) is 13.0. The third-order valence-electron chi connectivity index (χ3n) is 3.60. The van der Waals surface area contributed by atoms with Gasteiger partial charge in [0.2, 0.25) is 5.91 Å². The van der Waals surface area contributed by atoms with Gasteiger partial charge in [-0.05, 0) is 42.3 Å². The summed E-state index contributed by atoms with van der Waals surface area (Å²) in [5.74, 6) is -1.11. The molecule has 0 spiro atoms. The van der Waals surface area contributed by atoms with Crippen molar-refractivity contribution in [3.8, 4) is 0 Å². The van der Waals surface area contributed by atoms with Crippen LogP contribution in [0.3, 0.4) is 0 Å². The lowest BCUT2D eigenvalue weighted by Gasteiger charge is -2.27. The molecular weight excluding hydrogens is 347 g/mol. The molecule has 0 aliphatic carbocycles. The summed E-state index contributed by atoms with van der Waals surface area (Å²) in [6.07, 6.45) is 4.39. The van der Waals surface area contributed by atoms with E-state index in [4.69, 9.17) is 23.2 Å². The average molecular weight is 363 g/mol. The smallest absolute Gasteiger partial charge is 0.243 e. The van der Waals surface area contributed by atoms with Crippen LogP contribution in [0, 0.1) is 0 Å². The minimum Gasteiger partial charge on any atom is -0.345 e. The minimum absolute atomic E-state index is 0.108. The first kappa shape index (κ1) is 18.2. The first-order valence-electron chi connectivity index (χ1n) is 7.22. The predicted octanol–water partition coefficient (Wildman–Crippen LogP) is 4.10. The maximum atomic E-state index is 12.3. The number of aromatic nitrogens is 1. The van der Waals surface area contributed by atoms with Gasteiger partial charge in [0.1, 0.15) is 5.78 Å². The van der Waals surface area contributed by atoms with E-state index in [0.29, 0.717) is 21.2 Å². The number of pyridine rings is 1. The fourth-order valence-electron chi connectivity index (χ4n) is 2.50. The Morgan fingerprint density at radius 3 is 2.50 bits per heavy atom. The summed E-state index contributed by atoms with van der Waals surface area (Å²) in [6.45, 7) is 4.93. The fourth-order valence-corrected chi connectivity index (χ4v) is 2.81. The molecule has 4 nitrogen and oxygen atoms in total. The van der Waals surface area contributed by atoms with Crippen LogP contribution in [0.25, 0.3) is 0 Å². The number of ketones is 1. The standard InChI is InChI=1S/C18H16Cl2N2O2/c1-3-16(24)22-18(12-6-7-14(19)15(20)9-12)17(11(2)23)13-5-4-8-21-10-13/h3-10,17-18H,1H2,2H3,(H,22,24). The number of carbonyl (C=O) groups is 2. The second kappa shape index (κ2) is 8.08. The highest BCUT2D eigenvalue weighted by molar-refractivity contribution is 6.42. The topological polar surface area (TPSA) is 59.1 Å². The molecule has 2 rings (SSSR count). The Balaban J connectivity index is 2.54. The van der Waals surface area contributed by atoms with Gasteiger partial charge in [0.15, 0.2) is 0 Å². The second-order valence-electron chi connectivity index (χ2n) is 5.24. The van der Waals surface area contributed by atoms with Crippen molar-refractivity contribution in [2.75, 3.05) is 0 Å². The lowest BCUT2D eigenvalue weighted by Crippen LogP contribution is -2.34. The van der Waals surface area contributed by atoms with Crippen molar-refractivity contribution in [2.24, 2.45) is 0 Å². The monoisotopic (exact) mass is 362 g/mol. The Morgan fingerprint density at radius 2 is 1.96 bits per heavy atom. The molecule has 0 bridgehead atoms. The Kier molecular flexibility index (Phi) is 6.12. The number of rotatable bonds is 6. The Morgan fingerprint density at radius 1 is 1.21 bits per heavy atom. The average Bonchev–Trinajstić information content (AvgIpc) is 2.57. The number of hydrogen-bond donors (Lipinski definition) is 1. The number of halogens is 2. The van der Waals surface area contributed by atoms with Crippen LogP contribution in [-0.4, -0.2) is 16.7 Å². The van der Waals surface area contributed by atoms with E-state index in [1.54, 1.807) is 42.7 Å². The maximum absolute atomic E-state index is 12.3. The molecule has 0 saturated carbocycles. The van der Waals surface area contributed by atoms with Crippen LogP contribution >= 0.6 is 23.2 Å². The molecule has 0 fully saturated rings. The Labute approximate surface area is 150 Å². The molecule has 1 N–H and O–H groups in total. The van der Waals surface area contributed by atoms with Gasteiger partial charge >= 0.3 is 0 Å². The van der Waals surface area contributed by atoms with Gasteiger partial charge in [-0.3, -0.25) is 14.6 Å². The van der Waals surface area contributed by atoms with Gasteiger partial charge in [-0.1, -0.05) is 41.9 Å². The summed E-state index contributed by atoms with van der Waals surface area (Å²) in [5, 5.41) is 3.55. The number of carbonyl (C=O) groups excluding carboxylic acids is 2. The number of hydrogen-bond acceptors (Lipinski definition) is 3. The van der Waals surface area contributed by atoms with E-state index in [2.05, 4.69) is 16.9 Å². The molecule has 24 heavy (non-hydrogen) atoms. The van der Waals surface area contributed by atoms with E-state index in [0.717, 1.165) is 6.08 Å². The number of nitrogens with zero attached hydrogens (tertiary/aromatic N) is 1. The van der Waals surface area contributed by atoms with Crippen LogP contribution in [-0.2, 0) is 9.59 Å². The van der Waals surface area contributed by atoms with Gasteiger partial charge in [-0.2, -0.15) is 0 Å². The van der Waals surface area contributed by atoms with Crippen LogP contribution in [0.2, 0.25) is 10.0 Å². The first-order chi connectivity index (χ1) is 11.4. The molecule has 0 radical (unpaired) electrons. The van der Waals surface area contributed by atoms with Crippen molar-refractivity contribution in [2.45, 2.75) is 18.9 Å². The van der Waals surface area contributed by atoms with E-state index >= 15 is 0 Å². The minimum atomic E-state index is -0.619. The van der Waals surface area contributed by atoms with E-state index in [9.17, 15) is 9.59 Å². The third-order valence-corrected chi connectivity index (χ3v) is 4.34. The quantitative estimate of drug-likeness (QED) is 0.786. The van der Waals surface area contributed by atoms with Gasteiger partial charge in [0.05, 0.1) is 22.0 Å². The predicted molar refractivity (Wildman–Crippen MR) is 95.2 cm³/mol. The zero-order chi connectivity index (χ0) is 17.7. The second-order valence-corrected chi connectivity index (χ2v) is 6.05. The highest BCUT2D eigenvalue weighted by Crippen LogP contribution is 2.34. The summed E-state index contributed by atoms with van der Waals surface area (Å²) in [5.41, 5.74) is 1.37. The molecule has 2 unspecified atom stereocenters. The highest BCUT2D eigenvalue weighted by Gasteiger charge is 2.30. The number of Topliss-reactive ketones (excluding diaryl/α,β-unsaturated/α-hetero) is 1. The van der Waals surface area contributed by atoms with Crippen molar-refractivity contribution in [3.05, 3.63) is 76.6 Å². The molecule has 1 aromatic carbocycles. The van der Waals surface area contributed by atoms with E-state index < -0.39 is 12.0 Å². The van der Waals surface area contributed by atoms with Gasteiger partial charge in [-0.15, -0.1) is 0 Å². The van der Waals surface area contributed by atoms with Crippen LogP contribution in [0.1, 0.15) is 30.0 Å². The van der Waals surface area contributed by atoms with E-state index in [1.165, 1.54) is 6.92 Å². The normalized spacial score (nSPS) is 13.0. The van der Waals surface area contributed by atoms with Crippen molar-refractivity contribution in [1.82, 2.24) is 10.3 Å². The highest BCUT2D eigenvalue weighted by atomic mass is 35.5. The van der Waals surface area contributed by atoms with Crippen LogP contribution in [0.5, 0.6) is 0 Å². The summed E-state index contributed by atoms with van der Waals surface area (Å²) < 4.78 is 0. The molecule has 2 aromatic rings. The van der Waals surface area contributed by atoms with Crippen molar-refractivity contribution in [3.63, 3.8) is 0 Å². The molecule has 0 aliphatic rings. The lowest BCUT2D eigenvalue weighted by molar-refractivity contribution is -0.120. The van der Waals surface area contributed by atoms with E-state index in [1.807, 2.05) is 0 Å². The number of benzene rings is 1. The van der Waals surface area contributed by atoms with Gasteiger partial charge in [0, 0.05) is 12.4 Å². The Bertz CT molecular complexity index is 763. The fraction of sp³-hybridized carbons (Fsp3) is 0.167. The summed E-state index contributed by atoms with van der Waals surface area (Å²) in [7, 11) is 0. The summed E-state index contributed by atoms with van der Waals surface area (Å²) >= 11 is 12.1. The number of amides is 1. The van der Waals surface area contributed by atoms with Crippen molar-refractivity contribution in [1.29, 1.82) is 0 Å². The molecule has 1 aromatic heterocycles. The molecule has 0 aliphatic heterocycles. The molecule has 6 heteroatoms. The van der Waals surface area contributed by atoms with Crippen LogP contribution in [0.15, 0.2) is 55.4 Å². The lowest BCUT2D eigenvalue weighted by atomic mass is 9.85. The largest absolute Gasteiger partial charge is 0.345 e. The zero-order valence-corrected chi connectivity index (χ0v) is 14.5. The molecule has 2 atom stereocenters. The van der Waals surface area contributed by atoms with E-state index in [-0.39, 0.29) is 11.7 Å². The SMILES string of the molecule is C=CC(=O)NC(c1ccc(Cl)c(Cl)c1)C(C(C)=O)c1cccnc1. The third kappa shape index (κ3) is 4.22. The molecule has 124 valence electrons. The van der Waals surface area contributed by atoms with Crippen molar-refractivity contribution < 1.29 is 9.59 Å². The molecule has 0 saturated heterocycles. The summed E-state index contributed by atoms with van der Waals surface area (Å²) in [4.78, 5) is 28.3. The maximum Gasteiger partial charge on any atom is 0.243 e.